The minimum Gasteiger partial charge on any atom is -0.489 e. The Balaban J connectivity index is 2.63. The van der Waals surface area contributed by atoms with Crippen molar-refractivity contribution in [3.05, 3.63) is 49.6 Å². The summed E-state index contributed by atoms with van der Waals surface area (Å²) < 4.78 is 34.1. The fourth-order valence-electron chi connectivity index (χ4n) is 2.92. The van der Waals surface area contributed by atoms with Gasteiger partial charge in [-0.3, -0.25) is 0 Å². The van der Waals surface area contributed by atoms with Crippen LogP contribution in [0.2, 0.25) is 0 Å². The van der Waals surface area contributed by atoms with Crippen molar-refractivity contribution in [1.82, 2.24) is 0 Å². The van der Waals surface area contributed by atoms with E-state index in [1.165, 1.54) is 11.8 Å². The molecule has 9 heteroatoms. The first kappa shape index (κ1) is 27.7. The lowest BCUT2D eigenvalue weighted by molar-refractivity contribution is -0.130. The standard InChI is InChI=1S/C26H30O8S/c1-7-21(27)33-17-13-15-19(25(31-11-5)23(17)29-9-3)35-20-16-14-18(34-22(28)8-2)24(30-10-4)26(20)32-12-6/h7-8,13-16H,1-2,9-12H2,3-6H3. The highest BCUT2D eigenvalue weighted by Crippen LogP contribution is 2.51. The van der Waals surface area contributed by atoms with Crippen LogP contribution in [0.3, 0.4) is 0 Å². The molecule has 0 aliphatic carbocycles. The number of carbonyl (C=O) groups is 2. The van der Waals surface area contributed by atoms with Crippen LogP contribution in [0.25, 0.3) is 0 Å². The highest BCUT2D eigenvalue weighted by Gasteiger charge is 2.24. The van der Waals surface area contributed by atoms with E-state index < -0.39 is 11.9 Å². The van der Waals surface area contributed by atoms with Gasteiger partial charge < -0.3 is 28.4 Å². The molecule has 2 aromatic carbocycles. The third-order valence-corrected chi connectivity index (χ3v) is 5.29. The average Bonchev–Trinajstić information content (AvgIpc) is 2.85. The van der Waals surface area contributed by atoms with E-state index in [0.29, 0.717) is 59.2 Å². The van der Waals surface area contributed by atoms with E-state index in [9.17, 15) is 9.59 Å². The summed E-state index contributed by atoms with van der Waals surface area (Å²) in [5.74, 6) is 0.639. The summed E-state index contributed by atoms with van der Waals surface area (Å²) in [5.41, 5.74) is 0. The largest absolute Gasteiger partial charge is 0.489 e. The Bertz CT molecular complexity index is 980. The molecule has 0 fully saturated rings. The Morgan fingerprint density at radius 1 is 0.657 bits per heavy atom. The summed E-state index contributed by atoms with van der Waals surface area (Å²) in [6, 6.07) is 6.76. The van der Waals surface area contributed by atoms with E-state index in [1.807, 2.05) is 27.7 Å². The zero-order valence-corrected chi connectivity index (χ0v) is 21.2. The van der Waals surface area contributed by atoms with Crippen LogP contribution in [0, 0.1) is 0 Å². The van der Waals surface area contributed by atoms with Crippen LogP contribution in [0.15, 0.2) is 59.4 Å². The summed E-state index contributed by atoms with van der Waals surface area (Å²) in [6.45, 7) is 15.5. The third kappa shape index (κ3) is 7.19. The van der Waals surface area contributed by atoms with Gasteiger partial charge in [0.05, 0.1) is 36.2 Å². The molecule has 0 aliphatic rings. The summed E-state index contributed by atoms with van der Waals surface area (Å²) in [4.78, 5) is 25.0. The molecule has 0 saturated heterocycles. The first-order valence-electron chi connectivity index (χ1n) is 11.1. The Morgan fingerprint density at radius 2 is 1.00 bits per heavy atom. The van der Waals surface area contributed by atoms with Crippen LogP contribution >= 0.6 is 11.8 Å². The van der Waals surface area contributed by atoms with Crippen molar-refractivity contribution in [3.63, 3.8) is 0 Å². The van der Waals surface area contributed by atoms with Gasteiger partial charge in [0.1, 0.15) is 0 Å². The van der Waals surface area contributed by atoms with E-state index in [-0.39, 0.29) is 11.5 Å². The van der Waals surface area contributed by atoms with Gasteiger partial charge in [0.2, 0.25) is 11.5 Å². The fraction of sp³-hybridized carbons (Fsp3) is 0.308. The number of carbonyl (C=O) groups excluding carboxylic acids is 2. The van der Waals surface area contributed by atoms with Gasteiger partial charge in [-0.25, -0.2) is 9.59 Å². The number of esters is 2. The van der Waals surface area contributed by atoms with Gasteiger partial charge in [-0.15, -0.1) is 0 Å². The normalized spacial score (nSPS) is 10.2. The minimum atomic E-state index is -0.613. The molecule has 0 spiro atoms. The minimum absolute atomic E-state index is 0.219. The molecular weight excluding hydrogens is 472 g/mol. The maximum Gasteiger partial charge on any atom is 0.335 e. The van der Waals surface area contributed by atoms with E-state index in [1.54, 1.807) is 24.3 Å². The molecule has 188 valence electrons. The maximum atomic E-state index is 11.8. The van der Waals surface area contributed by atoms with Gasteiger partial charge in [-0.1, -0.05) is 24.9 Å². The molecule has 35 heavy (non-hydrogen) atoms. The first-order chi connectivity index (χ1) is 16.9. The molecule has 8 nitrogen and oxygen atoms in total. The maximum absolute atomic E-state index is 11.8. The molecular formula is C26H30O8S. The number of hydrogen-bond acceptors (Lipinski definition) is 9. The van der Waals surface area contributed by atoms with Crippen LogP contribution in [0.4, 0.5) is 0 Å². The van der Waals surface area contributed by atoms with E-state index in [2.05, 4.69) is 13.2 Å². The van der Waals surface area contributed by atoms with Gasteiger partial charge >= 0.3 is 11.9 Å². The lowest BCUT2D eigenvalue weighted by atomic mass is 10.3. The van der Waals surface area contributed by atoms with Crippen molar-refractivity contribution in [2.75, 3.05) is 26.4 Å². The highest BCUT2D eigenvalue weighted by atomic mass is 32.2. The van der Waals surface area contributed by atoms with E-state index in [4.69, 9.17) is 28.4 Å². The molecule has 0 saturated carbocycles. The third-order valence-electron chi connectivity index (χ3n) is 4.21. The Labute approximate surface area is 209 Å². The molecule has 0 radical (unpaired) electrons. The number of hydrogen-bond donors (Lipinski definition) is 0. The zero-order chi connectivity index (χ0) is 25.8. The van der Waals surface area contributed by atoms with Crippen molar-refractivity contribution < 1.29 is 38.0 Å². The molecule has 0 unspecified atom stereocenters. The summed E-state index contributed by atoms with van der Waals surface area (Å²) in [7, 11) is 0. The van der Waals surface area contributed by atoms with E-state index >= 15 is 0 Å². The van der Waals surface area contributed by atoms with Gasteiger partial charge in [-0.2, -0.15) is 0 Å². The molecule has 0 bridgehead atoms. The molecule has 0 aliphatic heterocycles. The lowest BCUT2D eigenvalue weighted by Gasteiger charge is -2.20. The smallest absolute Gasteiger partial charge is 0.335 e. The van der Waals surface area contributed by atoms with Gasteiger partial charge in [0.25, 0.3) is 0 Å². The predicted octanol–water partition coefficient (Wildman–Crippen LogP) is 5.62. The van der Waals surface area contributed by atoms with Crippen LogP contribution in [0.5, 0.6) is 34.5 Å². The summed E-state index contributed by atoms with van der Waals surface area (Å²) >= 11 is 1.34. The van der Waals surface area contributed by atoms with Crippen molar-refractivity contribution in [1.29, 1.82) is 0 Å². The second kappa shape index (κ2) is 14.0. The lowest BCUT2D eigenvalue weighted by Crippen LogP contribution is -2.08. The number of ether oxygens (including phenoxy) is 6. The topological polar surface area (TPSA) is 89.5 Å². The highest BCUT2D eigenvalue weighted by molar-refractivity contribution is 7.99. The number of benzene rings is 2. The molecule has 0 N–H and O–H groups in total. The zero-order valence-electron chi connectivity index (χ0n) is 20.4. The molecule has 0 amide bonds. The van der Waals surface area contributed by atoms with Gasteiger partial charge in [-0.05, 0) is 52.0 Å². The van der Waals surface area contributed by atoms with Crippen molar-refractivity contribution in [3.8, 4) is 34.5 Å². The molecule has 0 heterocycles. The average molecular weight is 503 g/mol. The summed E-state index contributed by atoms with van der Waals surface area (Å²) in [6.07, 6.45) is 2.15. The predicted molar refractivity (Wildman–Crippen MR) is 133 cm³/mol. The quantitative estimate of drug-likeness (QED) is 0.186. The SMILES string of the molecule is C=CC(=O)Oc1ccc(Sc2ccc(OC(=O)C=C)c(OCC)c2OCC)c(OCC)c1OCC. The van der Waals surface area contributed by atoms with E-state index in [0.717, 1.165) is 12.2 Å². The van der Waals surface area contributed by atoms with Gasteiger partial charge in [0.15, 0.2) is 23.0 Å². The van der Waals surface area contributed by atoms with Crippen molar-refractivity contribution >= 4 is 23.7 Å². The van der Waals surface area contributed by atoms with Crippen LogP contribution in [-0.2, 0) is 9.59 Å². The van der Waals surface area contributed by atoms with Gasteiger partial charge in [0, 0.05) is 12.2 Å². The molecule has 0 aromatic heterocycles. The second-order valence-corrected chi connectivity index (χ2v) is 7.61. The van der Waals surface area contributed by atoms with Crippen LogP contribution in [0.1, 0.15) is 27.7 Å². The van der Waals surface area contributed by atoms with Crippen LogP contribution < -0.4 is 28.4 Å². The first-order valence-corrected chi connectivity index (χ1v) is 12.0. The second-order valence-electron chi connectivity index (χ2n) is 6.52. The monoisotopic (exact) mass is 502 g/mol. The fourth-order valence-corrected chi connectivity index (χ4v) is 3.91. The van der Waals surface area contributed by atoms with Crippen molar-refractivity contribution in [2.45, 2.75) is 37.5 Å². The Hall–Kier alpha value is -3.59. The Morgan fingerprint density at radius 3 is 1.31 bits per heavy atom. The number of rotatable bonds is 14. The van der Waals surface area contributed by atoms with Crippen LogP contribution in [-0.4, -0.2) is 38.4 Å². The Kier molecular flexibility index (Phi) is 11.0. The van der Waals surface area contributed by atoms with Crippen molar-refractivity contribution in [2.24, 2.45) is 0 Å². The molecule has 2 rings (SSSR count). The summed E-state index contributed by atoms with van der Waals surface area (Å²) in [5, 5.41) is 0. The molecule has 0 atom stereocenters. The molecule has 2 aromatic rings.